The Bertz CT molecular complexity index is 406. The number of nitrogens with zero attached hydrogens (tertiary/aromatic N) is 2. The normalized spacial score (nSPS) is 24.0. The highest BCUT2D eigenvalue weighted by molar-refractivity contribution is 5.31. The van der Waals surface area contributed by atoms with Gasteiger partial charge in [-0.2, -0.15) is 5.26 Å². The maximum atomic E-state index is 9.05. The molecule has 1 aromatic rings. The number of hydrogen-bond acceptors (Lipinski definition) is 4. The first-order valence-electron chi connectivity index (χ1n) is 5.95. The van der Waals surface area contributed by atoms with Crippen molar-refractivity contribution < 1.29 is 9.84 Å². The second-order valence-corrected chi connectivity index (χ2v) is 4.44. The Morgan fingerprint density at radius 2 is 2.18 bits per heavy atom. The first kappa shape index (κ1) is 11.9. The van der Waals surface area contributed by atoms with E-state index in [0.29, 0.717) is 17.4 Å². The monoisotopic (exact) mass is 232 g/mol. The summed E-state index contributed by atoms with van der Waals surface area (Å²) in [5, 5.41) is 17.8. The van der Waals surface area contributed by atoms with Gasteiger partial charge in [-0.25, -0.2) is 4.98 Å². The van der Waals surface area contributed by atoms with Gasteiger partial charge in [0, 0.05) is 18.9 Å². The third-order valence-corrected chi connectivity index (χ3v) is 3.20. The molecule has 1 fully saturated rings. The average Bonchev–Trinajstić information content (AvgIpc) is 2.40. The minimum absolute atomic E-state index is 0.166. The fourth-order valence-electron chi connectivity index (χ4n) is 2.15. The molecule has 0 aliphatic heterocycles. The zero-order valence-corrected chi connectivity index (χ0v) is 9.67. The molecule has 1 aromatic heterocycles. The van der Waals surface area contributed by atoms with Crippen LogP contribution in [-0.2, 0) is 0 Å². The molecule has 0 amide bonds. The fraction of sp³-hybridized carbons (Fsp3) is 0.538. The average molecular weight is 232 g/mol. The van der Waals surface area contributed by atoms with E-state index in [1.54, 1.807) is 18.3 Å². The van der Waals surface area contributed by atoms with Crippen LogP contribution in [0.4, 0.5) is 0 Å². The topological polar surface area (TPSA) is 66.1 Å². The van der Waals surface area contributed by atoms with Crippen LogP contribution < -0.4 is 4.74 Å². The fourth-order valence-corrected chi connectivity index (χ4v) is 2.15. The van der Waals surface area contributed by atoms with Crippen LogP contribution in [0.5, 0.6) is 5.88 Å². The van der Waals surface area contributed by atoms with Crippen LogP contribution in [0, 0.1) is 17.2 Å². The summed E-state index contributed by atoms with van der Waals surface area (Å²) in [6, 6.07) is 5.39. The lowest BCUT2D eigenvalue weighted by molar-refractivity contribution is 0.100. The first-order valence-corrected chi connectivity index (χ1v) is 5.95. The molecule has 4 heteroatoms. The summed E-state index contributed by atoms with van der Waals surface area (Å²) in [6.45, 7) is 0.273. The van der Waals surface area contributed by atoms with E-state index in [1.807, 2.05) is 0 Å². The van der Waals surface area contributed by atoms with Crippen LogP contribution in [0.25, 0.3) is 0 Å². The number of ether oxygens (including phenoxy) is 1. The van der Waals surface area contributed by atoms with Gasteiger partial charge in [0.05, 0.1) is 11.6 Å². The van der Waals surface area contributed by atoms with Crippen molar-refractivity contribution in [1.82, 2.24) is 4.98 Å². The smallest absolute Gasteiger partial charge is 0.214 e. The summed E-state index contributed by atoms with van der Waals surface area (Å²) in [5.74, 6) is 0.949. The molecule has 1 aliphatic carbocycles. The number of rotatable bonds is 3. The Balaban J connectivity index is 1.91. The third kappa shape index (κ3) is 3.18. The van der Waals surface area contributed by atoms with Crippen molar-refractivity contribution in [3.8, 4) is 11.9 Å². The van der Waals surface area contributed by atoms with Gasteiger partial charge in [0.15, 0.2) is 0 Å². The van der Waals surface area contributed by atoms with E-state index < -0.39 is 0 Å². The molecule has 0 radical (unpaired) electrons. The highest BCUT2D eigenvalue weighted by Gasteiger charge is 2.22. The quantitative estimate of drug-likeness (QED) is 0.864. The van der Waals surface area contributed by atoms with Crippen LogP contribution in [0.2, 0.25) is 0 Å². The second-order valence-electron chi connectivity index (χ2n) is 4.44. The Hall–Kier alpha value is -1.60. The molecular formula is C13H16N2O2. The number of aromatic nitrogens is 1. The van der Waals surface area contributed by atoms with Gasteiger partial charge in [-0.1, -0.05) is 0 Å². The molecule has 1 saturated carbocycles. The highest BCUT2D eigenvalue weighted by Crippen LogP contribution is 2.26. The van der Waals surface area contributed by atoms with Gasteiger partial charge in [0.2, 0.25) is 5.88 Å². The highest BCUT2D eigenvalue weighted by atomic mass is 16.5. The van der Waals surface area contributed by atoms with Crippen molar-refractivity contribution in [2.24, 2.45) is 5.92 Å². The van der Waals surface area contributed by atoms with Crippen LogP contribution in [0.3, 0.4) is 0 Å². The zero-order chi connectivity index (χ0) is 12.1. The molecule has 17 heavy (non-hydrogen) atoms. The lowest BCUT2D eigenvalue weighted by atomic mass is 9.88. The molecule has 0 unspecified atom stereocenters. The number of pyridine rings is 1. The van der Waals surface area contributed by atoms with Crippen molar-refractivity contribution in [2.75, 3.05) is 6.61 Å². The maximum Gasteiger partial charge on any atom is 0.214 e. The minimum atomic E-state index is 0.166. The standard InChI is InChI=1S/C13H16N2O2/c14-8-11-5-6-15-13(7-11)17-12-3-1-10(9-16)2-4-12/h5-7,10,12,16H,1-4,9H2. The summed E-state index contributed by atoms with van der Waals surface area (Å²) in [5.41, 5.74) is 0.569. The Labute approximate surface area is 101 Å². The summed E-state index contributed by atoms with van der Waals surface area (Å²) < 4.78 is 5.75. The van der Waals surface area contributed by atoms with Gasteiger partial charge in [0.1, 0.15) is 6.10 Å². The predicted molar refractivity (Wildman–Crippen MR) is 62.4 cm³/mol. The van der Waals surface area contributed by atoms with Crippen molar-refractivity contribution >= 4 is 0 Å². The molecule has 0 spiro atoms. The molecule has 0 bridgehead atoms. The van der Waals surface area contributed by atoms with Gasteiger partial charge in [0.25, 0.3) is 0 Å². The molecule has 0 atom stereocenters. The zero-order valence-electron chi connectivity index (χ0n) is 9.67. The molecule has 1 aliphatic rings. The van der Waals surface area contributed by atoms with Crippen LogP contribution in [0.1, 0.15) is 31.2 Å². The third-order valence-electron chi connectivity index (χ3n) is 3.20. The van der Waals surface area contributed by atoms with Crippen molar-refractivity contribution in [2.45, 2.75) is 31.8 Å². The number of aliphatic hydroxyl groups is 1. The van der Waals surface area contributed by atoms with E-state index in [1.165, 1.54) is 0 Å². The largest absolute Gasteiger partial charge is 0.474 e. The number of aliphatic hydroxyl groups excluding tert-OH is 1. The van der Waals surface area contributed by atoms with Gasteiger partial charge in [-0.3, -0.25) is 0 Å². The molecule has 1 N–H and O–H groups in total. The van der Waals surface area contributed by atoms with E-state index in [0.717, 1.165) is 25.7 Å². The predicted octanol–water partition coefficient (Wildman–Crippen LogP) is 1.88. The van der Waals surface area contributed by atoms with Crippen molar-refractivity contribution in [1.29, 1.82) is 5.26 Å². The summed E-state index contributed by atoms with van der Waals surface area (Å²) >= 11 is 0. The van der Waals surface area contributed by atoms with E-state index in [9.17, 15) is 0 Å². The second kappa shape index (κ2) is 5.65. The van der Waals surface area contributed by atoms with Crippen LogP contribution in [0.15, 0.2) is 18.3 Å². The van der Waals surface area contributed by atoms with E-state index in [2.05, 4.69) is 11.1 Å². The van der Waals surface area contributed by atoms with Gasteiger partial charge < -0.3 is 9.84 Å². The molecule has 1 heterocycles. The van der Waals surface area contributed by atoms with Crippen LogP contribution >= 0.6 is 0 Å². The minimum Gasteiger partial charge on any atom is -0.474 e. The van der Waals surface area contributed by atoms with Gasteiger partial charge >= 0.3 is 0 Å². The van der Waals surface area contributed by atoms with Crippen molar-refractivity contribution in [3.05, 3.63) is 23.9 Å². The summed E-state index contributed by atoms with van der Waals surface area (Å²) in [4.78, 5) is 4.10. The Morgan fingerprint density at radius 3 is 2.82 bits per heavy atom. The van der Waals surface area contributed by atoms with E-state index >= 15 is 0 Å². The molecule has 0 saturated heterocycles. The maximum absolute atomic E-state index is 9.05. The molecule has 4 nitrogen and oxygen atoms in total. The SMILES string of the molecule is N#Cc1ccnc(OC2CCC(CO)CC2)c1. The summed E-state index contributed by atoms with van der Waals surface area (Å²) in [6.07, 6.45) is 5.65. The Kier molecular flexibility index (Phi) is 3.94. The first-order chi connectivity index (χ1) is 8.31. The molecule has 90 valence electrons. The van der Waals surface area contributed by atoms with Crippen molar-refractivity contribution in [3.63, 3.8) is 0 Å². The van der Waals surface area contributed by atoms with Gasteiger partial charge in [-0.05, 0) is 37.7 Å². The lowest BCUT2D eigenvalue weighted by Crippen LogP contribution is -2.25. The van der Waals surface area contributed by atoms with Crippen LogP contribution in [-0.4, -0.2) is 22.8 Å². The molecule has 0 aromatic carbocycles. The number of hydrogen-bond donors (Lipinski definition) is 1. The summed E-state index contributed by atoms with van der Waals surface area (Å²) in [7, 11) is 0. The Morgan fingerprint density at radius 1 is 1.41 bits per heavy atom. The van der Waals surface area contributed by atoms with E-state index in [-0.39, 0.29) is 12.7 Å². The molecular weight excluding hydrogens is 216 g/mol. The van der Waals surface area contributed by atoms with E-state index in [4.69, 9.17) is 15.1 Å². The molecule has 2 rings (SSSR count). The number of nitriles is 1. The lowest BCUT2D eigenvalue weighted by Gasteiger charge is -2.27. The van der Waals surface area contributed by atoms with Gasteiger partial charge in [-0.15, -0.1) is 0 Å².